The number of rotatable bonds is 8. The average molecular weight is 430 g/mol. The fraction of sp³-hybridized carbons (Fsp3) is 0.619. The van der Waals surface area contributed by atoms with Gasteiger partial charge in [-0.25, -0.2) is 0 Å². The van der Waals surface area contributed by atoms with Gasteiger partial charge in [-0.15, -0.1) is 21.5 Å². The SMILES string of the molecule is CC(C1CC2CCC1C2)n1c(SCC(=O)N(C)CCC#N)nnc1-c1cccs1. The molecule has 4 rings (SSSR count). The standard InChI is InChI=1S/C21H27N5OS2/c1-14(17-12-15-6-7-16(17)11-15)26-20(18-5-3-10-28-18)23-24-21(26)29-13-19(27)25(2)9-4-8-22/h3,5,10,14-17H,4,6-7,9,11-13H2,1-2H3. The van der Waals surface area contributed by atoms with Crippen molar-refractivity contribution in [2.24, 2.45) is 17.8 Å². The lowest BCUT2D eigenvalue weighted by Crippen LogP contribution is -2.29. The van der Waals surface area contributed by atoms with Crippen molar-refractivity contribution < 1.29 is 4.79 Å². The van der Waals surface area contributed by atoms with Gasteiger partial charge in [0.25, 0.3) is 0 Å². The summed E-state index contributed by atoms with van der Waals surface area (Å²) >= 11 is 3.14. The van der Waals surface area contributed by atoms with Crippen molar-refractivity contribution in [3.05, 3.63) is 17.5 Å². The second-order valence-corrected chi connectivity index (χ2v) is 10.1. The van der Waals surface area contributed by atoms with Crippen LogP contribution >= 0.6 is 23.1 Å². The van der Waals surface area contributed by atoms with Crippen molar-refractivity contribution >= 4 is 29.0 Å². The van der Waals surface area contributed by atoms with Gasteiger partial charge in [0.1, 0.15) is 0 Å². The van der Waals surface area contributed by atoms with Crippen LogP contribution in [0.3, 0.4) is 0 Å². The van der Waals surface area contributed by atoms with Crippen molar-refractivity contribution in [1.82, 2.24) is 19.7 Å². The smallest absolute Gasteiger partial charge is 0.232 e. The molecule has 1 amide bonds. The van der Waals surface area contributed by atoms with Gasteiger partial charge in [0.05, 0.1) is 23.1 Å². The summed E-state index contributed by atoms with van der Waals surface area (Å²) in [5.74, 6) is 3.61. The molecule has 0 aliphatic heterocycles. The lowest BCUT2D eigenvalue weighted by atomic mass is 9.84. The molecule has 154 valence electrons. The Morgan fingerprint density at radius 1 is 1.45 bits per heavy atom. The Bertz CT molecular complexity index is 888. The third kappa shape index (κ3) is 4.22. The van der Waals surface area contributed by atoms with E-state index in [1.807, 2.05) is 6.07 Å². The number of carbonyl (C=O) groups excluding carboxylic acids is 1. The summed E-state index contributed by atoms with van der Waals surface area (Å²) < 4.78 is 2.28. The summed E-state index contributed by atoms with van der Waals surface area (Å²) in [6.07, 6.45) is 5.76. The number of amides is 1. The zero-order valence-corrected chi connectivity index (χ0v) is 18.6. The molecule has 0 N–H and O–H groups in total. The van der Waals surface area contributed by atoms with Gasteiger partial charge < -0.3 is 4.90 Å². The normalized spacial score (nSPS) is 23.8. The molecule has 0 spiro atoms. The highest BCUT2D eigenvalue weighted by Gasteiger charge is 2.43. The first-order valence-corrected chi connectivity index (χ1v) is 12.2. The molecular weight excluding hydrogens is 402 g/mol. The van der Waals surface area contributed by atoms with E-state index in [0.29, 0.717) is 30.7 Å². The van der Waals surface area contributed by atoms with Crippen LogP contribution in [0.15, 0.2) is 22.7 Å². The van der Waals surface area contributed by atoms with Gasteiger partial charge in [-0.05, 0) is 55.4 Å². The second kappa shape index (κ2) is 8.88. The maximum Gasteiger partial charge on any atom is 0.232 e. The number of fused-ring (bicyclic) bond motifs is 2. The minimum atomic E-state index is 0.0186. The topological polar surface area (TPSA) is 74.8 Å². The molecule has 2 bridgehead atoms. The van der Waals surface area contributed by atoms with Crippen LogP contribution in [0.4, 0.5) is 0 Å². The van der Waals surface area contributed by atoms with E-state index >= 15 is 0 Å². The average Bonchev–Trinajstić information content (AvgIpc) is 3.52. The van der Waals surface area contributed by atoms with E-state index in [4.69, 9.17) is 5.26 Å². The molecule has 2 saturated carbocycles. The van der Waals surface area contributed by atoms with Crippen LogP contribution in [0, 0.1) is 29.1 Å². The Labute approximate surface area is 180 Å². The Balaban J connectivity index is 1.54. The molecular formula is C21H27N5OS2. The Morgan fingerprint density at radius 2 is 2.31 bits per heavy atom. The maximum atomic E-state index is 12.4. The van der Waals surface area contributed by atoms with Crippen LogP contribution < -0.4 is 0 Å². The molecule has 0 aromatic carbocycles. The van der Waals surface area contributed by atoms with E-state index in [-0.39, 0.29) is 5.91 Å². The van der Waals surface area contributed by atoms with Crippen molar-refractivity contribution in [3.8, 4) is 16.8 Å². The monoisotopic (exact) mass is 429 g/mol. The third-order valence-corrected chi connectivity index (χ3v) is 8.33. The largest absolute Gasteiger partial charge is 0.344 e. The number of nitriles is 1. The first-order chi connectivity index (χ1) is 14.1. The van der Waals surface area contributed by atoms with E-state index in [1.165, 1.54) is 37.4 Å². The summed E-state index contributed by atoms with van der Waals surface area (Å²) in [6.45, 7) is 2.77. The van der Waals surface area contributed by atoms with Crippen LogP contribution in [0.5, 0.6) is 0 Å². The van der Waals surface area contributed by atoms with Crippen molar-refractivity contribution in [1.29, 1.82) is 5.26 Å². The fourth-order valence-electron chi connectivity index (χ4n) is 4.97. The van der Waals surface area contributed by atoms with Crippen LogP contribution in [0.1, 0.15) is 45.1 Å². The zero-order valence-electron chi connectivity index (χ0n) is 17.0. The van der Waals surface area contributed by atoms with Crippen LogP contribution in [0.2, 0.25) is 0 Å². The van der Waals surface area contributed by atoms with Gasteiger partial charge in [-0.3, -0.25) is 9.36 Å². The van der Waals surface area contributed by atoms with Crippen molar-refractivity contribution in [2.45, 2.75) is 50.2 Å². The van der Waals surface area contributed by atoms with Crippen LogP contribution in [0.25, 0.3) is 10.7 Å². The summed E-state index contributed by atoms with van der Waals surface area (Å²) in [4.78, 5) is 15.2. The molecule has 2 aliphatic rings. The van der Waals surface area contributed by atoms with Gasteiger partial charge in [0.15, 0.2) is 11.0 Å². The summed E-state index contributed by atoms with van der Waals surface area (Å²) in [5, 5.41) is 20.6. The first kappa shape index (κ1) is 20.4. The molecule has 2 aromatic heterocycles. The van der Waals surface area contributed by atoms with Crippen molar-refractivity contribution in [2.75, 3.05) is 19.3 Å². The lowest BCUT2D eigenvalue weighted by Gasteiger charge is -2.30. The molecule has 0 radical (unpaired) electrons. The van der Waals surface area contributed by atoms with Gasteiger partial charge in [0.2, 0.25) is 5.91 Å². The van der Waals surface area contributed by atoms with Gasteiger partial charge in [-0.2, -0.15) is 5.26 Å². The van der Waals surface area contributed by atoms with Crippen LogP contribution in [-0.2, 0) is 4.79 Å². The van der Waals surface area contributed by atoms with Gasteiger partial charge in [-0.1, -0.05) is 24.2 Å². The number of hydrogen-bond acceptors (Lipinski definition) is 6. The summed E-state index contributed by atoms with van der Waals surface area (Å²) in [6, 6.07) is 6.55. The van der Waals surface area contributed by atoms with Crippen molar-refractivity contribution in [3.63, 3.8) is 0 Å². The number of thioether (sulfide) groups is 1. The highest BCUT2D eigenvalue weighted by Crippen LogP contribution is 2.53. The number of hydrogen-bond donors (Lipinski definition) is 0. The quantitative estimate of drug-likeness (QED) is 0.579. The Morgan fingerprint density at radius 3 is 2.97 bits per heavy atom. The molecule has 2 heterocycles. The number of nitrogens with zero attached hydrogens (tertiary/aromatic N) is 5. The first-order valence-electron chi connectivity index (χ1n) is 10.3. The molecule has 2 aliphatic carbocycles. The minimum Gasteiger partial charge on any atom is -0.344 e. The molecule has 4 atom stereocenters. The molecule has 0 saturated heterocycles. The molecule has 2 fully saturated rings. The lowest BCUT2D eigenvalue weighted by molar-refractivity contribution is -0.127. The van der Waals surface area contributed by atoms with E-state index in [0.717, 1.165) is 27.7 Å². The predicted octanol–water partition coefficient (Wildman–Crippen LogP) is 4.47. The second-order valence-electron chi connectivity index (χ2n) is 8.24. The minimum absolute atomic E-state index is 0.0186. The highest BCUT2D eigenvalue weighted by molar-refractivity contribution is 7.99. The molecule has 4 unspecified atom stereocenters. The summed E-state index contributed by atoms with van der Waals surface area (Å²) in [7, 11) is 1.75. The predicted molar refractivity (Wildman–Crippen MR) is 116 cm³/mol. The van der Waals surface area contributed by atoms with E-state index in [9.17, 15) is 4.79 Å². The Kier molecular flexibility index (Phi) is 6.26. The highest BCUT2D eigenvalue weighted by atomic mass is 32.2. The Hall–Kier alpha value is -1.85. The maximum absolute atomic E-state index is 12.4. The number of thiophene rings is 1. The van der Waals surface area contributed by atoms with Crippen LogP contribution in [-0.4, -0.2) is 44.9 Å². The molecule has 6 nitrogen and oxygen atoms in total. The van der Waals surface area contributed by atoms with Gasteiger partial charge >= 0.3 is 0 Å². The molecule has 2 aromatic rings. The zero-order chi connectivity index (χ0) is 20.4. The van der Waals surface area contributed by atoms with E-state index in [2.05, 4.69) is 39.2 Å². The van der Waals surface area contributed by atoms with E-state index < -0.39 is 0 Å². The third-order valence-electron chi connectivity index (χ3n) is 6.54. The van der Waals surface area contributed by atoms with E-state index in [1.54, 1.807) is 23.3 Å². The number of carbonyl (C=O) groups is 1. The fourth-order valence-corrected chi connectivity index (χ4v) is 6.64. The number of aromatic nitrogens is 3. The molecule has 29 heavy (non-hydrogen) atoms. The van der Waals surface area contributed by atoms with Gasteiger partial charge in [0, 0.05) is 19.6 Å². The summed E-state index contributed by atoms with van der Waals surface area (Å²) in [5.41, 5.74) is 0. The molecule has 8 heteroatoms.